The minimum absolute atomic E-state index is 0. The predicted octanol–water partition coefficient (Wildman–Crippen LogP) is 10.5. The molecule has 0 radical (unpaired) electrons. The van der Waals surface area contributed by atoms with Gasteiger partial charge in [-0.3, -0.25) is 0 Å². The third kappa shape index (κ3) is 13.3. The number of rotatable bonds is 9. The van der Waals surface area contributed by atoms with Crippen LogP contribution >= 0.6 is 7.92 Å². The number of ether oxygens (including phenoxy) is 2. The molecular formula is C43H59NO5PPdS-3. The zero-order chi connectivity index (χ0) is 36.9. The average molecular weight is 839 g/mol. The summed E-state index contributed by atoms with van der Waals surface area (Å²) in [4.78, 5) is 0. The molecule has 6 nitrogen and oxygen atoms in total. The molecular weight excluding hydrogens is 780 g/mol. The fourth-order valence-electron chi connectivity index (χ4n) is 7.68. The molecule has 290 valence electrons. The van der Waals surface area contributed by atoms with Crippen molar-refractivity contribution in [3.8, 4) is 0 Å². The molecule has 4 aliphatic rings. The molecule has 2 fully saturated rings. The number of benzene rings is 2. The standard InChI is InChI=1S/C30H44O2P.C12H12N.CH4O3S.Pd/c1-23(2)31-28-21-14-22-30(32-24(3)4,29(28)25-15-8-5-9-16-25)33(26-17-10-6-11-18-26)27-19-12-7-13-20-27;13-12-9-5-4-8-11(12)10-6-2-1-3-7-10;1-5(2,3)4;/h5,8-9,14-16,21-24,26-27H,6-7,10-13,17-20H2,1-4H3;1-8H,9,13H2;1H3,(H,2,3,4);/q2*-1;;/p-1. The van der Waals surface area contributed by atoms with E-state index in [1.807, 2.05) is 18.2 Å². The van der Waals surface area contributed by atoms with Gasteiger partial charge in [-0.2, -0.15) is 24.1 Å². The van der Waals surface area contributed by atoms with Crippen LogP contribution in [0.25, 0.3) is 11.1 Å². The third-order valence-electron chi connectivity index (χ3n) is 9.50. The fourth-order valence-corrected chi connectivity index (χ4v) is 12.3. The zero-order valence-electron chi connectivity index (χ0n) is 31.6. The molecule has 0 aromatic heterocycles. The van der Waals surface area contributed by atoms with E-state index >= 15 is 0 Å². The van der Waals surface area contributed by atoms with Crippen molar-refractivity contribution < 1.29 is 42.9 Å². The topological polar surface area (TPSA) is 102 Å². The molecule has 52 heavy (non-hydrogen) atoms. The molecule has 9 heteroatoms. The van der Waals surface area contributed by atoms with Crippen molar-refractivity contribution in [1.29, 1.82) is 0 Å². The third-order valence-corrected chi connectivity index (χ3v) is 13.4. The van der Waals surface area contributed by atoms with Gasteiger partial charge in [0.15, 0.2) is 0 Å². The Bertz CT molecular complexity index is 1550. The summed E-state index contributed by atoms with van der Waals surface area (Å²) in [5, 5.41) is -0.381. The van der Waals surface area contributed by atoms with E-state index in [1.165, 1.54) is 80.9 Å². The molecule has 6 rings (SSSR count). The second-order valence-electron chi connectivity index (χ2n) is 14.5. The second-order valence-corrected chi connectivity index (χ2v) is 18.8. The zero-order valence-corrected chi connectivity index (χ0v) is 34.9. The van der Waals surface area contributed by atoms with Gasteiger partial charge in [-0.1, -0.05) is 95.0 Å². The van der Waals surface area contributed by atoms with Crippen LogP contribution in [0.2, 0.25) is 0 Å². The van der Waals surface area contributed by atoms with Gasteiger partial charge in [-0.05, 0) is 76.7 Å². The van der Waals surface area contributed by atoms with Crippen molar-refractivity contribution in [2.45, 2.75) is 127 Å². The largest absolute Gasteiger partial charge is 0.748 e. The maximum Gasteiger partial charge on any atom is 0.0916 e. The maximum absolute atomic E-state index is 9.08. The van der Waals surface area contributed by atoms with E-state index in [4.69, 9.17) is 28.2 Å². The predicted molar refractivity (Wildman–Crippen MR) is 214 cm³/mol. The van der Waals surface area contributed by atoms with Gasteiger partial charge in [0, 0.05) is 38.0 Å². The SMILES string of the molecule is CC(C)OC1=C(c2ccccc2)C(OC(C)C)(P(C2CCCCC2)C2CCCCC2)[CH-]C=C1.CS(=O)(=O)[O-].N[C-]1CC=CC=C1c1ccccc1.[Pd]. The summed E-state index contributed by atoms with van der Waals surface area (Å²) in [6.07, 6.45) is 28.6. The van der Waals surface area contributed by atoms with Gasteiger partial charge >= 0.3 is 0 Å². The summed E-state index contributed by atoms with van der Waals surface area (Å²) in [7, 11) is -4.33. The Morgan fingerprint density at radius 1 is 0.846 bits per heavy atom. The number of nitrogens with two attached hydrogens (primary N) is 1. The van der Waals surface area contributed by atoms with E-state index in [0.717, 1.165) is 35.1 Å². The van der Waals surface area contributed by atoms with Gasteiger partial charge in [-0.15, -0.1) is 35.9 Å². The molecule has 2 N–H and O–H groups in total. The first kappa shape index (κ1) is 44.3. The van der Waals surface area contributed by atoms with Crippen molar-refractivity contribution in [2.75, 3.05) is 6.26 Å². The van der Waals surface area contributed by atoms with E-state index < -0.39 is 18.0 Å². The van der Waals surface area contributed by atoms with Crippen LogP contribution in [0.4, 0.5) is 0 Å². The van der Waals surface area contributed by atoms with E-state index in [9.17, 15) is 0 Å². The number of allylic oxidation sites excluding steroid dienone is 3. The van der Waals surface area contributed by atoms with Crippen LogP contribution < -0.4 is 5.73 Å². The Labute approximate surface area is 330 Å². The minimum atomic E-state index is -3.92. The van der Waals surface area contributed by atoms with Gasteiger partial charge in [-0.25, -0.2) is 14.5 Å². The quantitative estimate of drug-likeness (QED) is 0.117. The van der Waals surface area contributed by atoms with Crippen molar-refractivity contribution in [2.24, 2.45) is 5.73 Å². The Morgan fingerprint density at radius 2 is 1.35 bits per heavy atom. The number of hydrogen-bond donors (Lipinski definition) is 1. The van der Waals surface area contributed by atoms with Crippen molar-refractivity contribution >= 4 is 29.2 Å². The summed E-state index contributed by atoms with van der Waals surface area (Å²) >= 11 is 0. The van der Waals surface area contributed by atoms with Crippen LogP contribution in [-0.2, 0) is 40.0 Å². The Balaban J connectivity index is 0.000000316. The number of hydrogen-bond acceptors (Lipinski definition) is 6. The Hall–Kier alpha value is -2.14. The summed E-state index contributed by atoms with van der Waals surface area (Å²) in [5.74, 6) is 1.01. The van der Waals surface area contributed by atoms with Crippen molar-refractivity contribution in [1.82, 2.24) is 0 Å². The monoisotopic (exact) mass is 838 g/mol. The van der Waals surface area contributed by atoms with Crippen LogP contribution in [-0.4, -0.2) is 48.1 Å². The first-order valence-electron chi connectivity index (χ1n) is 18.8. The maximum atomic E-state index is 9.08. The Kier molecular flexibility index (Phi) is 18.4. The first-order chi connectivity index (χ1) is 24.4. The molecule has 0 spiro atoms. The summed E-state index contributed by atoms with van der Waals surface area (Å²) in [6.45, 7) is 8.71. The van der Waals surface area contributed by atoms with Gasteiger partial charge in [0.2, 0.25) is 0 Å². The minimum Gasteiger partial charge on any atom is -0.748 e. The molecule has 1 unspecified atom stereocenters. The van der Waals surface area contributed by atoms with E-state index in [0.29, 0.717) is 6.26 Å². The van der Waals surface area contributed by atoms with Crippen LogP contribution in [0.3, 0.4) is 0 Å². The first-order valence-corrected chi connectivity index (χ1v) is 22.1. The normalized spacial score (nSPS) is 21.0. The molecule has 2 saturated carbocycles. The second kappa shape index (κ2) is 21.7. The molecule has 0 heterocycles. The molecule has 0 amide bonds. The van der Waals surface area contributed by atoms with Crippen molar-refractivity contribution in [3.63, 3.8) is 0 Å². The van der Waals surface area contributed by atoms with Crippen LogP contribution in [0, 0.1) is 12.5 Å². The molecule has 4 aliphatic carbocycles. The summed E-state index contributed by atoms with van der Waals surface area (Å²) in [5.41, 5.74) is 12.4. The van der Waals surface area contributed by atoms with E-state index in [2.05, 4.69) is 107 Å². The summed E-state index contributed by atoms with van der Waals surface area (Å²) in [6, 6.07) is 22.2. The van der Waals surface area contributed by atoms with E-state index in [-0.39, 0.29) is 38.0 Å². The van der Waals surface area contributed by atoms with Crippen LogP contribution in [0.5, 0.6) is 0 Å². The fraction of sp³-hybridized carbons (Fsp3) is 0.488. The smallest absolute Gasteiger partial charge is 0.0916 e. The Morgan fingerprint density at radius 3 is 1.81 bits per heavy atom. The van der Waals surface area contributed by atoms with Gasteiger partial charge < -0.3 is 19.8 Å². The molecule has 0 aliphatic heterocycles. The van der Waals surface area contributed by atoms with Gasteiger partial charge in [0.1, 0.15) is 0 Å². The van der Waals surface area contributed by atoms with Gasteiger partial charge in [0.25, 0.3) is 0 Å². The molecule has 2 aromatic carbocycles. The van der Waals surface area contributed by atoms with Crippen LogP contribution in [0.1, 0.15) is 109 Å². The summed E-state index contributed by atoms with van der Waals surface area (Å²) < 4.78 is 41.0. The van der Waals surface area contributed by atoms with Crippen molar-refractivity contribution in [3.05, 3.63) is 120 Å². The van der Waals surface area contributed by atoms with Gasteiger partial charge in [0.05, 0.1) is 27.7 Å². The molecule has 0 bridgehead atoms. The average Bonchev–Trinajstić information content (AvgIpc) is 3.09. The molecule has 0 saturated heterocycles. The van der Waals surface area contributed by atoms with E-state index in [1.54, 1.807) is 0 Å². The molecule has 2 aromatic rings. The van der Waals surface area contributed by atoms with Crippen LogP contribution in [0.15, 0.2) is 96.8 Å². The molecule has 1 atom stereocenters.